The molecule has 7 N–H and O–H groups in total. The normalized spacial score (nSPS) is 10.4. The van der Waals surface area contributed by atoms with Crippen molar-refractivity contribution in [2.75, 3.05) is 13.7 Å². The summed E-state index contributed by atoms with van der Waals surface area (Å²) >= 11 is 1.40. The van der Waals surface area contributed by atoms with Crippen LogP contribution >= 0.6 is 11.3 Å². The summed E-state index contributed by atoms with van der Waals surface area (Å²) < 4.78 is 4.86. The Bertz CT molecular complexity index is 747. The van der Waals surface area contributed by atoms with Gasteiger partial charge in [-0.25, -0.2) is 24.9 Å². The highest BCUT2D eigenvalue weighted by molar-refractivity contribution is 7.13. The summed E-state index contributed by atoms with van der Waals surface area (Å²) in [5, 5.41) is 28.9. The van der Waals surface area contributed by atoms with Crippen molar-refractivity contribution in [3.8, 4) is 6.19 Å². The highest BCUT2D eigenvalue weighted by Crippen LogP contribution is 2.19. The number of amidine groups is 1. The lowest BCUT2D eigenvalue weighted by Gasteiger charge is -2.01. The van der Waals surface area contributed by atoms with Crippen LogP contribution in [0.2, 0.25) is 0 Å². The number of rotatable bonds is 8. The molecule has 0 saturated carbocycles. The number of aryl methyl sites for hydroxylation is 1. The topological polar surface area (TPSA) is 209 Å². The smallest absolute Gasteiger partial charge is 0.328 e. The van der Waals surface area contributed by atoms with Gasteiger partial charge in [0.2, 0.25) is 5.13 Å². The maximum absolute atomic E-state index is 9.55. The molecule has 0 bridgehead atoms. The molecule has 1 aromatic rings. The zero-order chi connectivity index (χ0) is 21.4. The van der Waals surface area contributed by atoms with E-state index in [0.29, 0.717) is 23.8 Å². The molecule has 152 valence electrons. The van der Waals surface area contributed by atoms with Crippen molar-refractivity contribution in [1.29, 1.82) is 5.26 Å². The Morgan fingerprint density at radius 1 is 1.36 bits per heavy atom. The number of aromatic nitrogens is 1. The molecule has 0 spiro atoms. The summed E-state index contributed by atoms with van der Waals surface area (Å²) in [5.41, 5.74) is 11.5. The minimum absolute atomic E-state index is 0.0114. The molecular weight excluding hydrogens is 390 g/mol. The second-order valence-corrected chi connectivity index (χ2v) is 5.59. The van der Waals surface area contributed by atoms with E-state index in [1.807, 2.05) is 5.38 Å². The maximum Gasteiger partial charge on any atom is 0.328 e. The van der Waals surface area contributed by atoms with Gasteiger partial charge in [0.05, 0.1) is 12.8 Å². The molecule has 0 fully saturated rings. The van der Waals surface area contributed by atoms with Crippen LogP contribution in [0.5, 0.6) is 0 Å². The number of hydrogen-bond acceptors (Lipinski definition) is 8. The number of guanidine groups is 1. The third-order valence-corrected chi connectivity index (χ3v) is 3.37. The molecule has 0 aromatic carbocycles. The van der Waals surface area contributed by atoms with E-state index in [4.69, 9.17) is 31.7 Å². The summed E-state index contributed by atoms with van der Waals surface area (Å²) in [7, 11) is 1.46. The highest BCUT2D eigenvalue weighted by Gasteiger charge is 2.01. The van der Waals surface area contributed by atoms with E-state index in [1.54, 1.807) is 6.19 Å². The number of hydrogen-bond donors (Lipinski definition) is 5. The van der Waals surface area contributed by atoms with E-state index in [1.165, 1.54) is 18.4 Å². The maximum atomic E-state index is 9.55. The van der Waals surface area contributed by atoms with Gasteiger partial charge < -0.3 is 26.4 Å². The Morgan fingerprint density at radius 3 is 2.50 bits per heavy atom. The summed E-state index contributed by atoms with van der Waals surface area (Å²) in [6.45, 7) is 0.586. The van der Waals surface area contributed by atoms with E-state index < -0.39 is 11.9 Å². The molecule has 0 aliphatic heterocycles. The summed E-state index contributed by atoms with van der Waals surface area (Å²) in [5.74, 6) is -2.50. The Labute approximate surface area is 164 Å². The number of aliphatic carboxylic acids is 2. The number of thiazole rings is 1. The first kappa shape index (κ1) is 24.3. The lowest BCUT2D eigenvalue weighted by molar-refractivity contribution is -0.134. The molecule has 1 heterocycles. The van der Waals surface area contributed by atoms with Gasteiger partial charge in [0, 0.05) is 24.1 Å². The fraction of sp³-hybridized carbons (Fsp3) is 0.333. The van der Waals surface area contributed by atoms with Crippen LogP contribution in [0.4, 0.5) is 5.13 Å². The number of nitrogens with two attached hydrogens (primary N) is 2. The van der Waals surface area contributed by atoms with Crippen LogP contribution in [0.15, 0.2) is 27.5 Å². The van der Waals surface area contributed by atoms with Crippen LogP contribution in [0, 0.1) is 11.5 Å². The Hall–Kier alpha value is -3.66. The molecule has 0 amide bonds. The first-order chi connectivity index (χ1) is 13.3. The second-order valence-electron chi connectivity index (χ2n) is 4.75. The van der Waals surface area contributed by atoms with E-state index in [2.05, 4.69) is 20.3 Å². The summed E-state index contributed by atoms with van der Waals surface area (Å²) in [4.78, 5) is 31.4. The van der Waals surface area contributed by atoms with E-state index in [-0.39, 0.29) is 12.0 Å². The van der Waals surface area contributed by atoms with Crippen molar-refractivity contribution in [1.82, 2.24) is 10.3 Å². The zero-order valence-corrected chi connectivity index (χ0v) is 15.8. The molecule has 12 nitrogen and oxygen atoms in total. The SMILES string of the molecule is COC(=NCCCCc1csc(N=C(N)N)n1)NC#N.O=C(O)/C=C\C(=O)O. The fourth-order valence-corrected chi connectivity index (χ4v) is 2.26. The molecule has 1 rings (SSSR count). The molecule has 0 aliphatic carbocycles. The standard InChI is InChI=1S/C11H17N7OS.C4H4O4/c1-19-10(16-7-12)15-5-3-2-4-8-6-20-11(17-8)18-9(13)14;5-3(6)1-2-4(7)8/h6H,2-5H2,1H3,(H,15,16)(H4,13,14,17,18);1-2H,(H,5,6)(H,7,8)/b;2-1-. The van der Waals surface area contributed by atoms with Gasteiger partial charge in [-0.05, 0) is 19.3 Å². The number of carboxylic acid groups (broad SMARTS) is 2. The molecule has 0 saturated heterocycles. The third-order valence-electron chi connectivity index (χ3n) is 2.59. The van der Waals surface area contributed by atoms with Crippen molar-refractivity contribution in [2.24, 2.45) is 21.5 Å². The molecular formula is C15H21N7O5S. The number of carbonyl (C=O) groups is 2. The molecule has 1 aromatic heterocycles. The van der Waals surface area contributed by atoms with Crippen LogP contribution < -0.4 is 16.8 Å². The molecule has 0 atom stereocenters. The lowest BCUT2D eigenvalue weighted by atomic mass is 10.2. The lowest BCUT2D eigenvalue weighted by Crippen LogP contribution is -2.21. The molecule has 13 heteroatoms. The van der Waals surface area contributed by atoms with Crippen LogP contribution in [0.25, 0.3) is 0 Å². The Balaban J connectivity index is 0.000000769. The summed E-state index contributed by atoms with van der Waals surface area (Å²) in [6, 6.07) is 0.233. The van der Waals surface area contributed by atoms with Gasteiger partial charge in [-0.2, -0.15) is 10.3 Å². The average molecular weight is 411 g/mol. The first-order valence-electron chi connectivity index (χ1n) is 7.70. The predicted octanol–water partition coefficient (Wildman–Crippen LogP) is 0.156. The quantitative estimate of drug-likeness (QED) is 0.0976. The van der Waals surface area contributed by atoms with Gasteiger partial charge in [-0.3, -0.25) is 0 Å². The van der Waals surface area contributed by atoms with Crippen molar-refractivity contribution in [3.63, 3.8) is 0 Å². The predicted molar refractivity (Wildman–Crippen MR) is 103 cm³/mol. The minimum Gasteiger partial charge on any atom is -0.478 e. The van der Waals surface area contributed by atoms with Crippen molar-refractivity contribution >= 4 is 40.4 Å². The van der Waals surface area contributed by atoms with E-state index >= 15 is 0 Å². The second kappa shape index (κ2) is 14.5. The number of nitrogens with zero attached hydrogens (tertiary/aromatic N) is 4. The highest BCUT2D eigenvalue weighted by atomic mass is 32.1. The monoisotopic (exact) mass is 411 g/mol. The van der Waals surface area contributed by atoms with Gasteiger partial charge in [-0.15, -0.1) is 11.3 Å². The van der Waals surface area contributed by atoms with E-state index in [0.717, 1.165) is 25.0 Å². The summed E-state index contributed by atoms with van der Waals surface area (Å²) in [6.07, 6.45) is 5.50. The van der Waals surface area contributed by atoms with Crippen molar-refractivity contribution in [3.05, 3.63) is 23.2 Å². The minimum atomic E-state index is -1.26. The molecule has 0 radical (unpaired) electrons. The van der Waals surface area contributed by atoms with Gasteiger partial charge in [0.15, 0.2) is 12.2 Å². The third kappa shape index (κ3) is 13.6. The number of ether oxygens (including phenoxy) is 1. The van der Waals surface area contributed by atoms with Gasteiger partial charge in [-0.1, -0.05) is 0 Å². The van der Waals surface area contributed by atoms with Crippen molar-refractivity contribution < 1.29 is 24.5 Å². The van der Waals surface area contributed by atoms with Crippen LogP contribution in [0.3, 0.4) is 0 Å². The molecule has 28 heavy (non-hydrogen) atoms. The van der Waals surface area contributed by atoms with Crippen molar-refractivity contribution in [2.45, 2.75) is 19.3 Å². The Morgan fingerprint density at radius 2 is 2.00 bits per heavy atom. The van der Waals surface area contributed by atoms with Crippen LogP contribution in [-0.4, -0.2) is 52.8 Å². The van der Waals surface area contributed by atoms with Gasteiger partial charge >= 0.3 is 11.9 Å². The fourth-order valence-electron chi connectivity index (χ4n) is 1.52. The first-order valence-corrected chi connectivity index (χ1v) is 8.58. The number of unbranched alkanes of at least 4 members (excludes halogenated alkanes) is 1. The number of nitrogens with one attached hydrogen (secondary N) is 1. The van der Waals surface area contributed by atoms with Gasteiger partial charge in [0.1, 0.15) is 0 Å². The van der Waals surface area contributed by atoms with Gasteiger partial charge in [0.25, 0.3) is 6.02 Å². The average Bonchev–Trinajstić information content (AvgIpc) is 3.05. The zero-order valence-electron chi connectivity index (χ0n) is 15.0. The largest absolute Gasteiger partial charge is 0.478 e. The molecule has 0 unspecified atom stereocenters. The van der Waals surface area contributed by atoms with E-state index in [9.17, 15) is 9.59 Å². The number of nitriles is 1. The van der Waals surface area contributed by atoms with Crippen LogP contribution in [0.1, 0.15) is 18.5 Å². The number of methoxy groups -OCH3 is 1. The molecule has 0 aliphatic rings. The number of carboxylic acids is 2. The Kier molecular flexibility index (Phi) is 12.6. The number of aliphatic imine (C=N–C) groups is 2. The van der Waals surface area contributed by atoms with Crippen LogP contribution in [-0.2, 0) is 20.7 Å².